The van der Waals surface area contributed by atoms with E-state index in [2.05, 4.69) is 31.1 Å². The maximum absolute atomic E-state index is 13.2. The quantitative estimate of drug-likeness (QED) is 0.482. The Hall–Kier alpha value is -2.85. The molecule has 10 heteroatoms. The third-order valence-electron chi connectivity index (χ3n) is 5.02. The maximum atomic E-state index is 13.2. The van der Waals surface area contributed by atoms with E-state index in [1.54, 1.807) is 4.90 Å². The third kappa shape index (κ3) is 3.39. The Bertz CT molecular complexity index is 1190. The van der Waals surface area contributed by atoms with Crippen LogP contribution in [0, 0.1) is 0 Å². The predicted octanol–water partition coefficient (Wildman–Crippen LogP) is 4.59. The van der Waals surface area contributed by atoms with Crippen molar-refractivity contribution in [3.8, 4) is 28.6 Å². The first-order chi connectivity index (χ1) is 15.1. The maximum Gasteiger partial charge on any atom is 0.247 e. The zero-order chi connectivity index (χ0) is 21.5. The molecule has 31 heavy (non-hydrogen) atoms. The molecule has 158 valence electrons. The first-order valence-corrected chi connectivity index (χ1v) is 11.6. The van der Waals surface area contributed by atoms with Gasteiger partial charge in [-0.05, 0) is 24.5 Å². The number of carbonyl (C=O) groups excluding carboxylic acids is 1. The summed E-state index contributed by atoms with van der Waals surface area (Å²) in [6.45, 7) is 1.97. The fraction of sp³-hybridized carbons (Fsp3) is 0.238. The van der Waals surface area contributed by atoms with Crippen LogP contribution < -0.4 is 19.1 Å². The molecule has 1 atom stereocenters. The van der Waals surface area contributed by atoms with Crippen molar-refractivity contribution in [3.63, 3.8) is 0 Å². The van der Waals surface area contributed by atoms with Crippen LogP contribution in [0.5, 0.6) is 17.4 Å². The number of thioether (sulfide) groups is 1. The van der Waals surface area contributed by atoms with E-state index < -0.39 is 6.23 Å². The molecule has 0 spiro atoms. The number of ether oxygens (including phenoxy) is 3. The lowest BCUT2D eigenvalue weighted by molar-refractivity contribution is -0.120. The smallest absolute Gasteiger partial charge is 0.247 e. The molecule has 0 aliphatic carbocycles. The van der Waals surface area contributed by atoms with Crippen LogP contribution in [0.1, 0.15) is 25.1 Å². The highest BCUT2D eigenvalue weighted by Crippen LogP contribution is 2.47. The molecule has 0 bridgehead atoms. The second kappa shape index (κ2) is 8.01. The number of fused-ring (bicyclic) bond motifs is 4. The number of hydrogen-bond donors (Lipinski definition) is 0. The molecular weight excluding hydrogens is 484 g/mol. The van der Waals surface area contributed by atoms with Gasteiger partial charge in [0.05, 0.1) is 5.69 Å². The minimum absolute atomic E-state index is 0.104. The molecular formula is C21H17BrN4O4S. The second-order valence-corrected chi connectivity index (χ2v) is 8.41. The molecule has 1 amide bonds. The zero-order valence-electron chi connectivity index (χ0n) is 16.7. The largest absolute Gasteiger partial charge is 0.454 e. The number of amides is 1. The topological polar surface area (TPSA) is 86.7 Å². The molecule has 2 aliphatic rings. The molecule has 8 nitrogen and oxygen atoms in total. The van der Waals surface area contributed by atoms with Crippen LogP contribution in [0.4, 0.5) is 5.69 Å². The molecule has 2 aliphatic heterocycles. The summed E-state index contributed by atoms with van der Waals surface area (Å²) in [7, 11) is 0. The summed E-state index contributed by atoms with van der Waals surface area (Å²) in [4.78, 5) is 19.4. The van der Waals surface area contributed by atoms with Crippen molar-refractivity contribution in [2.45, 2.75) is 24.7 Å². The molecule has 0 radical (unpaired) electrons. The molecule has 0 unspecified atom stereocenters. The number of rotatable bonds is 3. The van der Waals surface area contributed by atoms with Gasteiger partial charge in [0.2, 0.25) is 30.0 Å². The summed E-state index contributed by atoms with van der Waals surface area (Å²) in [6, 6.07) is 11.2. The molecule has 0 saturated carbocycles. The standard InChI is InChI=1S/C21H17BrN4O4S/c1-3-17(27)26-14-7-5-4-6-11(14)18-19(23-21(31-2)25-24-18)30-20(26)12-8-15-16(9-13(12)22)29-10-28-15/h4-9,20H,3,10H2,1-2H3/t20-/m1/s1. The van der Waals surface area contributed by atoms with Gasteiger partial charge in [-0.2, -0.15) is 4.98 Å². The number of nitrogens with zero attached hydrogens (tertiary/aromatic N) is 4. The summed E-state index contributed by atoms with van der Waals surface area (Å²) in [5.41, 5.74) is 2.60. The third-order valence-corrected chi connectivity index (χ3v) is 6.25. The highest BCUT2D eigenvalue weighted by Gasteiger charge is 2.37. The summed E-state index contributed by atoms with van der Waals surface area (Å²) in [5, 5.41) is 9.02. The summed E-state index contributed by atoms with van der Waals surface area (Å²) < 4.78 is 18.2. The van der Waals surface area contributed by atoms with Gasteiger partial charge in [0.15, 0.2) is 17.2 Å². The van der Waals surface area contributed by atoms with E-state index in [9.17, 15) is 4.79 Å². The van der Waals surface area contributed by atoms with E-state index in [0.29, 0.717) is 45.9 Å². The molecule has 0 N–H and O–H groups in total. The van der Waals surface area contributed by atoms with Gasteiger partial charge >= 0.3 is 0 Å². The second-order valence-electron chi connectivity index (χ2n) is 6.78. The van der Waals surface area contributed by atoms with Crippen LogP contribution in [0.3, 0.4) is 0 Å². The van der Waals surface area contributed by atoms with Crippen molar-refractivity contribution in [1.82, 2.24) is 15.2 Å². The van der Waals surface area contributed by atoms with Gasteiger partial charge in [-0.15, -0.1) is 10.2 Å². The van der Waals surface area contributed by atoms with E-state index in [-0.39, 0.29) is 12.7 Å². The highest BCUT2D eigenvalue weighted by molar-refractivity contribution is 9.10. The fourth-order valence-corrected chi connectivity index (χ4v) is 4.38. The molecule has 0 fully saturated rings. The first-order valence-electron chi connectivity index (χ1n) is 9.56. The Morgan fingerprint density at radius 3 is 2.77 bits per heavy atom. The van der Waals surface area contributed by atoms with E-state index in [0.717, 1.165) is 10.0 Å². The van der Waals surface area contributed by atoms with Gasteiger partial charge in [-0.1, -0.05) is 52.8 Å². The van der Waals surface area contributed by atoms with Crippen molar-refractivity contribution in [3.05, 3.63) is 46.4 Å². The van der Waals surface area contributed by atoms with E-state index >= 15 is 0 Å². The number of hydrogen-bond acceptors (Lipinski definition) is 8. The summed E-state index contributed by atoms with van der Waals surface area (Å²) in [5.74, 6) is 1.43. The van der Waals surface area contributed by atoms with Crippen molar-refractivity contribution >= 4 is 39.3 Å². The van der Waals surface area contributed by atoms with E-state index in [1.807, 2.05) is 49.6 Å². The van der Waals surface area contributed by atoms with Gasteiger partial charge < -0.3 is 14.2 Å². The number of para-hydroxylation sites is 1. The van der Waals surface area contributed by atoms with E-state index in [1.165, 1.54) is 11.8 Å². The Morgan fingerprint density at radius 1 is 1.23 bits per heavy atom. The molecule has 1 aromatic heterocycles. The van der Waals surface area contributed by atoms with Crippen LogP contribution >= 0.6 is 27.7 Å². The van der Waals surface area contributed by atoms with Gasteiger partial charge in [-0.3, -0.25) is 9.69 Å². The lowest BCUT2D eigenvalue weighted by atomic mass is 10.1. The van der Waals surface area contributed by atoms with Crippen LogP contribution in [0.25, 0.3) is 11.3 Å². The summed E-state index contributed by atoms with van der Waals surface area (Å²) in [6.07, 6.45) is 1.36. The Kier molecular flexibility index (Phi) is 5.19. The number of aromatic nitrogens is 3. The van der Waals surface area contributed by atoms with Crippen LogP contribution in [0.2, 0.25) is 0 Å². The Balaban J connectivity index is 1.76. The summed E-state index contributed by atoms with van der Waals surface area (Å²) >= 11 is 4.98. The van der Waals surface area contributed by atoms with Crippen LogP contribution in [-0.2, 0) is 4.79 Å². The van der Waals surface area contributed by atoms with Gasteiger partial charge in [0.1, 0.15) is 0 Å². The number of anilines is 1. The average Bonchev–Trinajstić information content (AvgIpc) is 3.19. The zero-order valence-corrected chi connectivity index (χ0v) is 19.1. The molecule has 0 saturated heterocycles. The van der Waals surface area contributed by atoms with Crippen molar-refractivity contribution in [2.75, 3.05) is 17.9 Å². The number of benzene rings is 2. The van der Waals surface area contributed by atoms with Crippen molar-refractivity contribution < 1.29 is 19.0 Å². The Morgan fingerprint density at radius 2 is 2.00 bits per heavy atom. The molecule has 2 aromatic carbocycles. The lowest BCUT2D eigenvalue weighted by Gasteiger charge is -2.31. The number of halogens is 1. The number of carbonyl (C=O) groups is 1. The Labute approximate surface area is 191 Å². The minimum atomic E-state index is -0.801. The van der Waals surface area contributed by atoms with Gasteiger partial charge in [-0.25, -0.2) is 0 Å². The minimum Gasteiger partial charge on any atom is -0.454 e. The first kappa shape index (κ1) is 20.1. The monoisotopic (exact) mass is 500 g/mol. The van der Waals surface area contributed by atoms with Crippen molar-refractivity contribution in [2.24, 2.45) is 0 Å². The van der Waals surface area contributed by atoms with Crippen molar-refractivity contribution in [1.29, 1.82) is 0 Å². The SMILES string of the molecule is CCC(=O)N1c2ccccc2-c2nnc(SC)nc2O[C@@H]1c1cc2c(cc1Br)OCO2. The molecule has 3 heterocycles. The normalized spacial score (nSPS) is 16.2. The predicted molar refractivity (Wildman–Crippen MR) is 118 cm³/mol. The lowest BCUT2D eigenvalue weighted by Crippen LogP contribution is -2.37. The highest BCUT2D eigenvalue weighted by atomic mass is 79.9. The van der Waals surface area contributed by atoms with Crippen LogP contribution in [0.15, 0.2) is 46.0 Å². The van der Waals surface area contributed by atoms with Gasteiger partial charge in [0.25, 0.3) is 0 Å². The van der Waals surface area contributed by atoms with Gasteiger partial charge in [0, 0.05) is 22.0 Å². The average molecular weight is 501 g/mol. The fourth-order valence-electron chi connectivity index (χ4n) is 3.56. The molecule has 5 rings (SSSR count). The molecule has 3 aromatic rings. The van der Waals surface area contributed by atoms with Crippen LogP contribution in [-0.4, -0.2) is 34.1 Å². The van der Waals surface area contributed by atoms with E-state index in [4.69, 9.17) is 14.2 Å².